The van der Waals surface area contributed by atoms with Gasteiger partial charge in [-0.3, -0.25) is 0 Å². The number of hydrogen-bond acceptors (Lipinski definition) is 12. The van der Waals surface area contributed by atoms with Gasteiger partial charge in [-0.05, 0) is 55.6 Å². The number of anilines is 3. The minimum Gasteiger partial charge on any atom is -0.504 e. The van der Waals surface area contributed by atoms with Gasteiger partial charge in [0.2, 0.25) is 34.5 Å². The van der Waals surface area contributed by atoms with E-state index in [1.807, 2.05) is 56.1 Å². The molecule has 0 bridgehead atoms. The van der Waals surface area contributed by atoms with Crippen molar-refractivity contribution in [2.75, 3.05) is 10.7 Å². The average molecular weight is 827 g/mol. The number of phenols is 10. The number of alkyl halides is 1. The molecule has 0 atom stereocenters. The summed E-state index contributed by atoms with van der Waals surface area (Å²) in [6.45, 7) is 4.00. The van der Waals surface area contributed by atoms with Gasteiger partial charge in [-0.1, -0.05) is 86.5 Å². The summed E-state index contributed by atoms with van der Waals surface area (Å²) in [4.78, 5) is 1.22. The zero-order valence-electron chi connectivity index (χ0n) is 27.2. The lowest BCUT2D eigenvalue weighted by atomic mass is 10.0. The third kappa shape index (κ3) is 6.96. The smallest absolute Gasteiger partial charge is 0.208 e. The van der Waals surface area contributed by atoms with Crippen molar-refractivity contribution in [1.29, 1.82) is 0 Å². The minimum absolute atomic E-state index is 0.0530. The topological polar surface area (TPSA) is 219 Å². The van der Waals surface area contributed by atoms with Crippen molar-refractivity contribution in [1.82, 2.24) is 0 Å². The van der Waals surface area contributed by atoms with Crippen molar-refractivity contribution in [3.63, 3.8) is 0 Å². The first-order valence-corrected chi connectivity index (χ1v) is 17.2. The summed E-state index contributed by atoms with van der Waals surface area (Å²) in [5, 5.41) is 105. The first-order chi connectivity index (χ1) is 24.3. The molecular formula is C37H33Br2NO11. The second-order valence-corrected chi connectivity index (χ2v) is 11.5. The third-order valence-electron chi connectivity index (χ3n) is 7.51. The van der Waals surface area contributed by atoms with Crippen LogP contribution in [-0.2, 0) is 0 Å². The van der Waals surface area contributed by atoms with Crippen molar-refractivity contribution in [2.24, 2.45) is 0 Å². The SMILES string of the molecule is C/C=C\C=C/C.CBr.Oc1c(O)c(O)c(-c2ccc(N(c3c(O)c(O)c(O)c(O)c3O)c3cc(Br)cc4c3oc3ccccc34)cc2)c(O)c1O. The molecule has 266 valence electrons. The van der Waals surface area contributed by atoms with E-state index in [0.717, 1.165) is 5.39 Å². The fraction of sp³-hybridized carbons (Fsp3) is 0.0811. The molecule has 0 saturated heterocycles. The van der Waals surface area contributed by atoms with Crippen LogP contribution in [-0.4, -0.2) is 56.9 Å². The van der Waals surface area contributed by atoms with Crippen LogP contribution in [0.1, 0.15) is 13.8 Å². The second-order valence-electron chi connectivity index (χ2n) is 10.5. The highest BCUT2D eigenvalue weighted by Gasteiger charge is 2.31. The van der Waals surface area contributed by atoms with Crippen LogP contribution in [0.5, 0.6) is 57.5 Å². The van der Waals surface area contributed by atoms with Crippen LogP contribution in [0.2, 0.25) is 0 Å². The fourth-order valence-corrected chi connectivity index (χ4v) is 5.62. The van der Waals surface area contributed by atoms with E-state index in [0.29, 0.717) is 15.4 Å². The number of hydrogen-bond donors (Lipinski definition) is 10. The predicted molar refractivity (Wildman–Crippen MR) is 203 cm³/mol. The van der Waals surface area contributed by atoms with E-state index in [9.17, 15) is 51.1 Å². The highest BCUT2D eigenvalue weighted by Crippen LogP contribution is 2.59. The molecule has 0 saturated carbocycles. The van der Waals surface area contributed by atoms with Crippen LogP contribution in [0.15, 0.2) is 93.9 Å². The Balaban J connectivity index is 0.000000662. The van der Waals surface area contributed by atoms with E-state index in [1.165, 1.54) is 29.2 Å². The molecule has 1 aromatic heterocycles. The molecule has 12 nitrogen and oxygen atoms in total. The molecule has 6 aromatic rings. The highest BCUT2D eigenvalue weighted by atomic mass is 79.9. The van der Waals surface area contributed by atoms with Gasteiger partial charge in [0.05, 0.1) is 11.3 Å². The number of aromatic hydroxyl groups is 10. The number of furan rings is 1. The van der Waals surface area contributed by atoms with Gasteiger partial charge >= 0.3 is 0 Å². The summed E-state index contributed by atoms with van der Waals surface area (Å²) >= 11 is 6.40. The molecule has 51 heavy (non-hydrogen) atoms. The lowest BCUT2D eigenvalue weighted by Crippen LogP contribution is -2.11. The first kappa shape index (κ1) is 38.0. The number of halogens is 2. The number of nitrogens with zero attached hydrogens (tertiary/aromatic N) is 1. The molecule has 0 aliphatic heterocycles. The van der Waals surface area contributed by atoms with Gasteiger partial charge in [-0.15, -0.1) is 0 Å². The number of para-hydroxylation sites is 1. The van der Waals surface area contributed by atoms with E-state index in [4.69, 9.17) is 4.42 Å². The molecule has 0 spiro atoms. The van der Waals surface area contributed by atoms with Crippen molar-refractivity contribution < 1.29 is 55.5 Å². The Morgan fingerprint density at radius 1 is 0.569 bits per heavy atom. The lowest BCUT2D eigenvalue weighted by molar-refractivity contribution is 0.329. The molecule has 0 radical (unpaired) electrons. The monoisotopic (exact) mass is 825 g/mol. The van der Waals surface area contributed by atoms with Crippen LogP contribution in [0.3, 0.4) is 0 Å². The summed E-state index contributed by atoms with van der Waals surface area (Å²) in [7, 11) is 0. The van der Waals surface area contributed by atoms with Crippen molar-refractivity contribution in [3.8, 4) is 68.6 Å². The predicted octanol–water partition coefficient (Wildman–Crippen LogP) is 9.69. The molecule has 1 heterocycles. The zero-order valence-corrected chi connectivity index (χ0v) is 30.3. The molecule has 5 aromatic carbocycles. The van der Waals surface area contributed by atoms with E-state index >= 15 is 0 Å². The fourth-order valence-electron chi connectivity index (χ4n) is 5.17. The highest BCUT2D eigenvalue weighted by molar-refractivity contribution is 9.10. The maximum Gasteiger partial charge on any atom is 0.208 e. The molecule has 0 unspecified atom stereocenters. The second kappa shape index (κ2) is 15.8. The van der Waals surface area contributed by atoms with Gasteiger partial charge < -0.3 is 60.4 Å². The minimum atomic E-state index is -1.16. The van der Waals surface area contributed by atoms with Crippen LogP contribution in [0, 0.1) is 0 Å². The molecule has 0 fully saturated rings. The van der Waals surface area contributed by atoms with Gasteiger partial charge in [0.25, 0.3) is 0 Å². The standard InChI is InChI=1S/C30H20BrNO11.C6H10.CH3Br/c31-12-9-15-14-3-1-2-4-17(14)43-30(15)16(10-12)32(19-22(35)26(39)29(42)27(40)23(19)36)13-7-5-11(6-8-13)18-20(33)24(37)28(41)25(38)21(18)34;1-3-5-6-4-2;1-2/h1-10,33-42H;3-6H,1-2H3;1H3/b;5-3-,6-4-;. The van der Waals surface area contributed by atoms with E-state index in [-0.39, 0.29) is 22.5 Å². The Bertz CT molecular complexity index is 2210. The molecule has 0 aliphatic carbocycles. The normalized spacial score (nSPS) is 11.1. The summed E-state index contributed by atoms with van der Waals surface area (Å²) in [6.07, 6.45) is 8.00. The van der Waals surface area contributed by atoms with Gasteiger partial charge in [-0.2, -0.15) is 0 Å². The number of allylic oxidation sites excluding steroid dienone is 4. The van der Waals surface area contributed by atoms with Crippen molar-refractivity contribution in [2.45, 2.75) is 13.8 Å². The largest absolute Gasteiger partial charge is 0.504 e. The summed E-state index contributed by atoms with van der Waals surface area (Å²) < 4.78 is 6.68. The molecule has 0 aliphatic rings. The molecule has 10 N–H and O–H groups in total. The van der Waals surface area contributed by atoms with Gasteiger partial charge in [0.1, 0.15) is 11.3 Å². The average Bonchev–Trinajstić information content (AvgIpc) is 3.52. The Kier molecular flexibility index (Phi) is 11.7. The summed E-state index contributed by atoms with van der Waals surface area (Å²) in [5.74, 6) is -8.67. The number of fused-ring (bicyclic) bond motifs is 3. The Morgan fingerprint density at radius 2 is 1.04 bits per heavy atom. The Labute approximate surface area is 307 Å². The van der Waals surface area contributed by atoms with E-state index < -0.39 is 68.7 Å². The van der Waals surface area contributed by atoms with Crippen LogP contribution < -0.4 is 4.90 Å². The summed E-state index contributed by atoms with van der Waals surface area (Å²) in [5.41, 5.74) is 0.193. The van der Waals surface area contributed by atoms with Crippen LogP contribution in [0.4, 0.5) is 17.1 Å². The third-order valence-corrected chi connectivity index (χ3v) is 7.97. The van der Waals surface area contributed by atoms with Gasteiger partial charge in [0, 0.05) is 20.9 Å². The molecule has 14 heteroatoms. The molecular weight excluding hydrogens is 794 g/mol. The number of rotatable bonds is 5. The molecule has 0 amide bonds. The van der Waals surface area contributed by atoms with Crippen molar-refractivity contribution in [3.05, 3.63) is 89.4 Å². The molecule has 6 rings (SSSR count). The summed E-state index contributed by atoms with van der Waals surface area (Å²) in [6, 6.07) is 15.9. The Hall–Kier alpha value is -5.86. The first-order valence-electron chi connectivity index (χ1n) is 14.8. The van der Waals surface area contributed by atoms with Crippen molar-refractivity contribution >= 4 is 70.9 Å². The Morgan fingerprint density at radius 3 is 1.55 bits per heavy atom. The van der Waals surface area contributed by atoms with Crippen LogP contribution in [0.25, 0.3) is 33.1 Å². The quantitative estimate of drug-likeness (QED) is 0.0340. The van der Waals surface area contributed by atoms with Crippen LogP contribution >= 0.6 is 31.9 Å². The number of benzene rings is 5. The van der Waals surface area contributed by atoms with E-state index in [2.05, 4.69) is 31.9 Å². The zero-order chi connectivity index (χ0) is 37.7. The van der Waals surface area contributed by atoms with E-state index in [1.54, 1.807) is 24.3 Å². The maximum absolute atomic E-state index is 10.9. The number of phenolic OH excluding ortho intramolecular Hbond substituents is 10. The van der Waals surface area contributed by atoms with Gasteiger partial charge in [0.15, 0.2) is 28.6 Å². The van der Waals surface area contributed by atoms with Gasteiger partial charge in [-0.25, -0.2) is 0 Å². The maximum atomic E-state index is 10.9. The lowest BCUT2D eigenvalue weighted by Gasteiger charge is -2.28.